The Balaban J connectivity index is 1.43. The number of benzene rings is 3. The number of hydrogen-bond acceptors (Lipinski definition) is 2. The van der Waals surface area contributed by atoms with Gasteiger partial charge in [0.1, 0.15) is 0 Å². The Morgan fingerprint density at radius 2 is 1.46 bits per heavy atom. The van der Waals surface area contributed by atoms with E-state index in [0.29, 0.717) is 0 Å². The van der Waals surface area contributed by atoms with Gasteiger partial charge in [0.2, 0.25) is 0 Å². The minimum Gasteiger partial charge on any atom is -0.369 e. The highest BCUT2D eigenvalue weighted by Crippen LogP contribution is 2.22. The van der Waals surface area contributed by atoms with Gasteiger partial charge in [-0.25, -0.2) is 0 Å². The molecule has 2 nitrogen and oxygen atoms in total. The summed E-state index contributed by atoms with van der Waals surface area (Å²) in [6.07, 6.45) is 0. The normalized spacial score (nSPS) is 15.8. The van der Waals surface area contributed by atoms with Gasteiger partial charge in [-0.05, 0) is 40.6 Å². The predicted octanol–water partition coefficient (Wildman–Crippen LogP) is 4.82. The van der Waals surface area contributed by atoms with Crippen molar-refractivity contribution in [1.82, 2.24) is 4.90 Å². The van der Waals surface area contributed by atoms with Crippen molar-refractivity contribution in [3.63, 3.8) is 0 Å². The summed E-state index contributed by atoms with van der Waals surface area (Å²) in [5.74, 6) is 0. The fraction of sp³-hybridized carbons (Fsp3) is 0.238. The summed E-state index contributed by atoms with van der Waals surface area (Å²) in [7, 11) is 0. The molecule has 0 spiro atoms. The first-order chi connectivity index (χ1) is 11.8. The van der Waals surface area contributed by atoms with E-state index in [1.54, 1.807) is 0 Å². The molecule has 0 bridgehead atoms. The molecule has 3 aromatic rings. The Labute approximate surface area is 148 Å². The first-order valence-corrected chi connectivity index (χ1v) is 8.87. The van der Waals surface area contributed by atoms with Crippen LogP contribution >= 0.6 is 11.6 Å². The quantitative estimate of drug-likeness (QED) is 0.677. The van der Waals surface area contributed by atoms with Crippen LogP contribution in [0.25, 0.3) is 10.8 Å². The maximum atomic E-state index is 5.98. The van der Waals surface area contributed by atoms with Crippen LogP contribution in [0.3, 0.4) is 0 Å². The van der Waals surface area contributed by atoms with E-state index in [-0.39, 0.29) is 0 Å². The molecule has 1 aliphatic rings. The van der Waals surface area contributed by atoms with Gasteiger partial charge in [0.25, 0.3) is 0 Å². The van der Waals surface area contributed by atoms with Crippen LogP contribution in [-0.4, -0.2) is 31.1 Å². The summed E-state index contributed by atoms with van der Waals surface area (Å²) in [6.45, 7) is 5.33. The largest absolute Gasteiger partial charge is 0.369 e. The van der Waals surface area contributed by atoms with Crippen LogP contribution < -0.4 is 4.90 Å². The molecular weight excluding hydrogens is 316 g/mol. The molecule has 0 N–H and O–H groups in total. The van der Waals surface area contributed by atoms with Crippen molar-refractivity contribution in [3.05, 3.63) is 77.3 Å². The monoisotopic (exact) mass is 336 g/mol. The minimum atomic E-state index is 0.799. The Kier molecular flexibility index (Phi) is 4.42. The third kappa shape index (κ3) is 3.26. The molecule has 24 heavy (non-hydrogen) atoms. The van der Waals surface area contributed by atoms with Crippen molar-refractivity contribution in [1.29, 1.82) is 0 Å². The molecule has 4 rings (SSSR count). The molecule has 0 aromatic heterocycles. The molecule has 0 radical (unpaired) electrons. The zero-order valence-electron chi connectivity index (χ0n) is 13.7. The zero-order valence-corrected chi connectivity index (χ0v) is 14.4. The van der Waals surface area contributed by atoms with Crippen LogP contribution in [-0.2, 0) is 6.54 Å². The Morgan fingerprint density at radius 1 is 0.750 bits per heavy atom. The van der Waals surface area contributed by atoms with E-state index in [2.05, 4.69) is 64.4 Å². The average Bonchev–Trinajstić information content (AvgIpc) is 2.63. The molecule has 0 aliphatic carbocycles. The van der Waals surface area contributed by atoms with E-state index < -0.39 is 0 Å². The van der Waals surface area contributed by atoms with Gasteiger partial charge in [-0.1, -0.05) is 54.1 Å². The first kappa shape index (κ1) is 15.5. The van der Waals surface area contributed by atoms with E-state index >= 15 is 0 Å². The Bertz CT molecular complexity index is 815. The maximum Gasteiger partial charge on any atom is 0.0407 e. The Hall–Kier alpha value is -2.03. The fourth-order valence-corrected chi connectivity index (χ4v) is 3.61. The topological polar surface area (TPSA) is 6.48 Å². The molecule has 1 heterocycles. The second-order valence-electron chi connectivity index (χ2n) is 6.38. The highest BCUT2D eigenvalue weighted by molar-refractivity contribution is 6.30. The smallest absolute Gasteiger partial charge is 0.0407 e. The highest BCUT2D eigenvalue weighted by atomic mass is 35.5. The van der Waals surface area contributed by atoms with E-state index in [1.165, 1.54) is 22.0 Å². The van der Waals surface area contributed by atoms with Gasteiger partial charge < -0.3 is 4.90 Å². The van der Waals surface area contributed by atoms with E-state index in [4.69, 9.17) is 11.6 Å². The van der Waals surface area contributed by atoms with E-state index in [1.807, 2.05) is 12.1 Å². The SMILES string of the molecule is Clc1ccc(N2CCN(Cc3cccc4ccccc34)CC2)cc1. The van der Waals surface area contributed by atoms with Crippen molar-refractivity contribution in [2.45, 2.75) is 6.54 Å². The standard InChI is InChI=1S/C21H21ClN2/c22-19-8-10-20(11-9-19)24-14-12-23(13-15-24)16-18-6-3-5-17-4-1-2-7-21(17)18/h1-11H,12-16H2. The van der Waals surface area contributed by atoms with Crippen molar-refractivity contribution >= 4 is 28.1 Å². The number of fused-ring (bicyclic) bond motifs is 1. The molecule has 0 atom stereocenters. The van der Waals surface area contributed by atoms with Gasteiger partial charge in [-0.15, -0.1) is 0 Å². The minimum absolute atomic E-state index is 0.799. The second-order valence-corrected chi connectivity index (χ2v) is 6.81. The number of piperazine rings is 1. The van der Waals surface area contributed by atoms with E-state index in [0.717, 1.165) is 37.7 Å². The molecule has 3 aromatic carbocycles. The molecule has 0 unspecified atom stereocenters. The molecule has 1 saturated heterocycles. The average molecular weight is 337 g/mol. The first-order valence-electron chi connectivity index (χ1n) is 8.49. The van der Waals surface area contributed by atoms with Crippen molar-refractivity contribution in [2.75, 3.05) is 31.1 Å². The van der Waals surface area contributed by atoms with Gasteiger partial charge in [0, 0.05) is 43.4 Å². The van der Waals surface area contributed by atoms with Crippen LogP contribution in [0.15, 0.2) is 66.7 Å². The van der Waals surface area contributed by atoms with Gasteiger partial charge in [0.05, 0.1) is 0 Å². The second kappa shape index (κ2) is 6.84. The maximum absolute atomic E-state index is 5.98. The fourth-order valence-electron chi connectivity index (χ4n) is 3.49. The molecule has 0 amide bonds. The lowest BCUT2D eigenvalue weighted by Crippen LogP contribution is -2.45. The summed E-state index contributed by atoms with van der Waals surface area (Å²) in [5.41, 5.74) is 2.69. The number of anilines is 1. The Morgan fingerprint density at radius 3 is 2.25 bits per heavy atom. The number of hydrogen-bond donors (Lipinski definition) is 0. The van der Waals surface area contributed by atoms with Gasteiger partial charge in [0.15, 0.2) is 0 Å². The lowest BCUT2D eigenvalue weighted by atomic mass is 10.0. The summed E-state index contributed by atoms with van der Waals surface area (Å²) < 4.78 is 0. The van der Waals surface area contributed by atoms with Crippen molar-refractivity contribution in [3.8, 4) is 0 Å². The molecular formula is C21H21ClN2. The third-order valence-electron chi connectivity index (χ3n) is 4.84. The summed E-state index contributed by atoms with van der Waals surface area (Å²) >= 11 is 5.98. The molecule has 3 heteroatoms. The van der Waals surface area contributed by atoms with Crippen LogP contribution in [0.1, 0.15) is 5.56 Å². The van der Waals surface area contributed by atoms with Gasteiger partial charge in [-0.2, -0.15) is 0 Å². The third-order valence-corrected chi connectivity index (χ3v) is 5.09. The number of halogens is 1. The van der Waals surface area contributed by atoms with Crippen LogP contribution in [0.2, 0.25) is 5.02 Å². The van der Waals surface area contributed by atoms with Crippen molar-refractivity contribution < 1.29 is 0 Å². The molecule has 122 valence electrons. The van der Waals surface area contributed by atoms with E-state index in [9.17, 15) is 0 Å². The molecule has 1 fully saturated rings. The molecule has 0 saturated carbocycles. The number of nitrogens with zero attached hydrogens (tertiary/aromatic N) is 2. The summed E-state index contributed by atoms with van der Waals surface area (Å²) in [6, 6.07) is 23.4. The van der Waals surface area contributed by atoms with Gasteiger partial charge in [-0.3, -0.25) is 4.90 Å². The molecule has 1 aliphatic heterocycles. The summed E-state index contributed by atoms with van der Waals surface area (Å²) in [5, 5.41) is 3.50. The lowest BCUT2D eigenvalue weighted by molar-refractivity contribution is 0.250. The van der Waals surface area contributed by atoms with Crippen molar-refractivity contribution in [2.24, 2.45) is 0 Å². The van der Waals surface area contributed by atoms with Crippen LogP contribution in [0.4, 0.5) is 5.69 Å². The predicted molar refractivity (Wildman–Crippen MR) is 103 cm³/mol. The zero-order chi connectivity index (χ0) is 16.4. The van der Waals surface area contributed by atoms with Gasteiger partial charge >= 0.3 is 0 Å². The lowest BCUT2D eigenvalue weighted by Gasteiger charge is -2.36. The highest BCUT2D eigenvalue weighted by Gasteiger charge is 2.17. The summed E-state index contributed by atoms with van der Waals surface area (Å²) in [4.78, 5) is 4.99. The number of rotatable bonds is 3. The van der Waals surface area contributed by atoms with Crippen LogP contribution in [0.5, 0.6) is 0 Å². The van der Waals surface area contributed by atoms with Crippen LogP contribution in [0, 0.1) is 0 Å².